The Morgan fingerprint density at radius 1 is 1.50 bits per heavy atom. The molecule has 0 saturated heterocycles. The fourth-order valence-electron chi connectivity index (χ4n) is 0.964. The molecule has 0 unspecified atom stereocenters. The monoisotopic (exact) mass is 140 g/mol. The number of nitrogens with zero attached hydrogens (tertiary/aromatic N) is 1. The first-order valence-corrected chi connectivity index (χ1v) is 3.24. The molecule has 0 aromatic carbocycles. The van der Waals surface area contributed by atoms with E-state index in [2.05, 4.69) is 0 Å². The van der Waals surface area contributed by atoms with Crippen LogP contribution in [0.25, 0.3) is 0 Å². The lowest BCUT2D eigenvalue weighted by Crippen LogP contribution is -2.05. The largest absolute Gasteiger partial charge is 0.390 e. The van der Waals surface area contributed by atoms with E-state index in [1.165, 1.54) is 0 Å². The minimum absolute atomic E-state index is 0.0799. The van der Waals surface area contributed by atoms with Crippen LogP contribution in [0.4, 0.5) is 0 Å². The van der Waals surface area contributed by atoms with Gasteiger partial charge in [-0.15, -0.1) is 0 Å². The molecule has 1 heterocycles. The van der Waals surface area contributed by atoms with Crippen LogP contribution in [-0.2, 0) is 20.2 Å². The molecular weight excluding hydrogens is 128 g/mol. The van der Waals surface area contributed by atoms with E-state index in [1.54, 1.807) is 0 Å². The van der Waals surface area contributed by atoms with Crippen LogP contribution in [0, 0.1) is 0 Å². The summed E-state index contributed by atoms with van der Waals surface area (Å²) in [6.07, 6.45) is 0. The van der Waals surface area contributed by atoms with Crippen molar-refractivity contribution in [3.63, 3.8) is 0 Å². The highest BCUT2D eigenvalue weighted by Gasteiger charge is 1.99. The van der Waals surface area contributed by atoms with Crippen molar-refractivity contribution in [2.45, 2.75) is 13.2 Å². The van der Waals surface area contributed by atoms with Gasteiger partial charge in [-0.1, -0.05) is 0 Å². The summed E-state index contributed by atoms with van der Waals surface area (Å²) in [6.45, 7) is 0.604. The molecular formula is C7H12N2O. The number of rotatable bonds is 2. The number of nitrogens with two attached hydrogens (primary N) is 1. The van der Waals surface area contributed by atoms with Crippen LogP contribution in [0.5, 0.6) is 0 Å². The number of aliphatic hydroxyl groups excluding tert-OH is 1. The Morgan fingerprint density at radius 2 is 2.10 bits per heavy atom. The molecule has 0 aliphatic rings. The summed E-state index contributed by atoms with van der Waals surface area (Å²) in [5.41, 5.74) is 7.36. The van der Waals surface area contributed by atoms with Crippen molar-refractivity contribution >= 4 is 0 Å². The molecule has 1 aromatic rings. The van der Waals surface area contributed by atoms with Gasteiger partial charge in [0.25, 0.3) is 0 Å². The van der Waals surface area contributed by atoms with Gasteiger partial charge in [-0.2, -0.15) is 0 Å². The molecule has 1 aromatic heterocycles. The van der Waals surface area contributed by atoms with Gasteiger partial charge >= 0.3 is 0 Å². The van der Waals surface area contributed by atoms with Crippen molar-refractivity contribution in [1.82, 2.24) is 4.57 Å². The van der Waals surface area contributed by atoms with E-state index in [0.717, 1.165) is 11.4 Å². The Labute approximate surface area is 60.1 Å². The highest BCUT2D eigenvalue weighted by Crippen LogP contribution is 2.05. The summed E-state index contributed by atoms with van der Waals surface area (Å²) in [5.74, 6) is 0. The van der Waals surface area contributed by atoms with Crippen molar-refractivity contribution in [3.05, 3.63) is 23.5 Å². The zero-order valence-electron chi connectivity index (χ0n) is 6.04. The van der Waals surface area contributed by atoms with E-state index in [1.807, 2.05) is 23.7 Å². The maximum absolute atomic E-state index is 8.77. The second-order valence-electron chi connectivity index (χ2n) is 2.24. The van der Waals surface area contributed by atoms with Gasteiger partial charge in [0.2, 0.25) is 0 Å². The van der Waals surface area contributed by atoms with Crippen molar-refractivity contribution < 1.29 is 5.11 Å². The first kappa shape index (κ1) is 7.31. The van der Waals surface area contributed by atoms with Crippen molar-refractivity contribution in [3.8, 4) is 0 Å². The van der Waals surface area contributed by atoms with Crippen LogP contribution in [-0.4, -0.2) is 9.67 Å². The van der Waals surface area contributed by atoms with Crippen LogP contribution in [0.3, 0.4) is 0 Å². The van der Waals surface area contributed by atoms with Crippen LogP contribution in [0.1, 0.15) is 11.4 Å². The van der Waals surface area contributed by atoms with Crippen molar-refractivity contribution in [1.29, 1.82) is 0 Å². The van der Waals surface area contributed by atoms with Crippen molar-refractivity contribution in [2.24, 2.45) is 12.8 Å². The van der Waals surface area contributed by atoms with E-state index in [4.69, 9.17) is 10.8 Å². The Hall–Kier alpha value is -0.800. The fourth-order valence-corrected chi connectivity index (χ4v) is 0.964. The second kappa shape index (κ2) is 2.86. The molecule has 1 rings (SSSR count). The number of hydrogen-bond acceptors (Lipinski definition) is 2. The zero-order valence-corrected chi connectivity index (χ0v) is 6.04. The van der Waals surface area contributed by atoms with Crippen LogP contribution in [0.15, 0.2) is 12.1 Å². The third-order valence-electron chi connectivity index (χ3n) is 1.70. The van der Waals surface area contributed by atoms with Crippen LogP contribution < -0.4 is 5.73 Å². The summed E-state index contributed by atoms with van der Waals surface area (Å²) < 4.78 is 1.90. The highest BCUT2D eigenvalue weighted by atomic mass is 16.3. The third-order valence-corrected chi connectivity index (χ3v) is 1.70. The van der Waals surface area contributed by atoms with Gasteiger partial charge in [0, 0.05) is 25.0 Å². The van der Waals surface area contributed by atoms with Gasteiger partial charge < -0.3 is 15.4 Å². The molecule has 10 heavy (non-hydrogen) atoms. The SMILES string of the molecule is Cn1c(CN)ccc1CO. The average Bonchev–Trinajstić information content (AvgIpc) is 2.30. The molecule has 3 heteroatoms. The van der Waals surface area contributed by atoms with Gasteiger partial charge in [0.05, 0.1) is 6.61 Å². The van der Waals surface area contributed by atoms with E-state index in [0.29, 0.717) is 6.54 Å². The quantitative estimate of drug-likeness (QED) is 0.606. The lowest BCUT2D eigenvalue weighted by atomic mass is 10.4. The lowest BCUT2D eigenvalue weighted by molar-refractivity contribution is 0.272. The molecule has 56 valence electrons. The normalized spacial score (nSPS) is 10.3. The van der Waals surface area contributed by atoms with Gasteiger partial charge in [0.15, 0.2) is 0 Å². The van der Waals surface area contributed by atoms with Gasteiger partial charge in [-0.05, 0) is 12.1 Å². The minimum atomic E-state index is 0.0799. The standard InChI is InChI=1S/C7H12N2O/c1-9-6(4-8)2-3-7(9)5-10/h2-3,10H,4-5,8H2,1H3. The smallest absolute Gasteiger partial charge is 0.0832 e. The summed E-state index contributed by atoms with van der Waals surface area (Å²) in [4.78, 5) is 0. The third kappa shape index (κ3) is 1.05. The van der Waals surface area contributed by atoms with E-state index in [9.17, 15) is 0 Å². The second-order valence-corrected chi connectivity index (χ2v) is 2.24. The molecule has 0 spiro atoms. The van der Waals surface area contributed by atoms with Gasteiger partial charge in [-0.3, -0.25) is 0 Å². The Balaban J connectivity index is 2.97. The molecule has 0 bridgehead atoms. The topological polar surface area (TPSA) is 51.2 Å². The van der Waals surface area contributed by atoms with Gasteiger partial charge in [0.1, 0.15) is 0 Å². The molecule has 0 fully saturated rings. The maximum atomic E-state index is 8.77. The number of aliphatic hydroxyl groups is 1. The first-order valence-electron chi connectivity index (χ1n) is 3.24. The number of hydrogen-bond donors (Lipinski definition) is 2. The average molecular weight is 140 g/mol. The fraction of sp³-hybridized carbons (Fsp3) is 0.429. The Morgan fingerprint density at radius 3 is 2.40 bits per heavy atom. The minimum Gasteiger partial charge on any atom is -0.390 e. The molecule has 0 amide bonds. The zero-order chi connectivity index (χ0) is 7.56. The van der Waals surface area contributed by atoms with Crippen molar-refractivity contribution in [2.75, 3.05) is 0 Å². The van der Waals surface area contributed by atoms with E-state index in [-0.39, 0.29) is 6.61 Å². The molecule has 0 aliphatic carbocycles. The van der Waals surface area contributed by atoms with E-state index >= 15 is 0 Å². The summed E-state index contributed by atoms with van der Waals surface area (Å²) in [5, 5.41) is 8.77. The van der Waals surface area contributed by atoms with Gasteiger partial charge in [-0.25, -0.2) is 0 Å². The van der Waals surface area contributed by atoms with Crippen LogP contribution in [0.2, 0.25) is 0 Å². The maximum Gasteiger partial charge on any atom is 0.0832 e. The molecule has 0 aliphatic heterocycles. The summed E-state index contributed by atoms with van der Waals surface area (Å²) >= 11 is 0. The summed E-state index contributed by atoms with van der Waals surface area (Å²) in [7, 11) is 1.90. The molecule has 0 saturated carbocycles. The number of aromatic nitrogens is 1. The Bertz CT molecular complexity index is 196. The van der Waals surface area contributed by atoms with E-state index < -0.39 is 0 Å². The molecule has 3 nitrogen and oxygen atoms in total. The lowest BCUT2D eigenvalue weighted by Gasteiger charge is -2.02. The first-order chi connectivity index (χ1) is 4.79. The molecule has 0 radical (unpaired) electrons. The highest BCUT2D eigenvalue weighted by molar-refractivity contribution is 5.14. The molecule has 3 N–H and O–H groups in total. The van der Waals surface area contributed by atoms with Crippen LogP contribution >= 0.6 is 0 Å². The predicted molar refractivity (Wildman–Crippen MR) is 39.2 cm³/mol. The predicted octanol–water partition coefficient (Wildman–Crippen LogP) is -0.0239. The molecule has 0 atom stereocenters. The summed E-state index contributed by atoms with van der Waals surface area (Å²) in [6, 6.07) is 3.80. The Kier molecular flexibility index (Phi) is 2.09.